The van der Waals surface area contributed by atoms with E-state index in [0.29, 0.717) is 12.8 Å². The van der Waals surface area contributed by atoms with E-state index in [4.69, 9.17) is 18.9 Å². The van der Waals surface area contributed by atoms with Crippen LogP contribution >= 0.6 is 0 Å². The fourth-order valence-corrected chi connectivity index (χ4v) is 8.14. The zero-order chi connectivity index (χ0) is 46.8. The number of carbonyl (C=O) groups excluding carboxylic acids is 1. The van der Waals surface area contributed by atoms with Gasteiger partial charge in [-0.1, -0.05) is 166 Å². The Bertz CT molecular complexity index is 1220. The van der Waals surface area contributed by atoms with Gasteiger partial charge in [-0.25, -0.2) is 0 Å². The molecule has 2 saturated heterocycles. The molecule has 64 heavy (non-hydrogen) atoms. The smallest absolute Gasteiger partial charge is 0.220 e. The average molecular weight is 914 g/mol. The highest BCUT2D eigenvalue weighted by molar-refractivity contribution is 5.76. The molecule has 0 radical (unpaired) electrons. The van der Waals surface area contributed by atoms with Crippen molar-refractivity contribution in [2.75, 3.05) is 19.8 Å². The van der Waals surface area contributed by atoms with E-state index < -0.39 is 86.8 Å². The Morgan fingerprint density at radius 2 is 1.00 bits per heavy atom. The highest BCUT2D eigenvalue weighted by atomic mass is 16.7. The molecule has 2 rings (SSSR count). The lowest BCUT2D eigenvalue weighted by molar-refractivity contribution is -0.359. The van der Waals surface area contributed by atoms with Crippen LogP contribution in [0, 0.1) is 0 Å². The van der Waals surface area contributed by atoms with Crippen LogP contribution in [0.25, 0.3) is 0 Å². The first-order valence-electron chi connectivity index (χ1n) is 25.2. The summed E-state index contributed by atoms with van der Waals surface area (Å²) in [7, 11) is 0. The van der Waals surface area contributed by atoms with E-state index in [1.165, 1.54) is 103 Å². The number of hydrogen-bond acceptors (Lipinski definition) is 13. The summed E-state index contributed by atoms with van der Waals surface area (Å²) in [4.78, 5) is 13.2. The van der Waals surface area contributed by atoms with E-state index in [-0.39, 0.29) is 18.9 Å². The van der Waals surface area contributed by atoms with Crippen molar-refractivity contribution in [1.29, 1.82) is 0 Å². The number of rotatable bonds is 38. The van der Waals surface area contributed by atoms with E-state index in [2.05, 4.69) is 43.5 Å². The van der Waals surface area contributed by atoms with E-state index in [9.17, 15) is 45.6 Å². The standard InChI is InChI=1S/C50H91NO13/c1-3-5-7-9-11-13-15-17-18-19-20-22-24-26-28-30-32-34-42(55)51-38(39(54)33-31-29-27-25-23-21-16-14-12-10-8-6-4-2)37-61-49-47(60)45(58)48(41(36-53)63-49)64-50-46(59)44(57)43(56)40(35-52)62-50/h12,14,23,25,31,33,38-41,43-50,52-54,56-60H,3-11,13,15-22,24,26-30,32,34-37H2,1-2H3,(H,51,55)/b14-12+,25-23+,33-31+. The lowest BCUT2D eigenvalue weighted by atomic mass is 9.97. The summed E-state index contributed by atoms with van der Waals surface area (Å²) in [5, 5.41) is 86.6. The van der Waals surface area contributed by atoms with Crippen LogP contribution in [0.15, 0.2) is 36.5 Å². The first-order valence-corrected chi connectivity index (χ1v) is 25.2. The highest BCUT2D eigenvalue weighted by Crippen LogP contribution is 2.30. The van der Waals surface area contributed by atoms with Crippen molar-refractivity contribution < 1.29 is 64.6 Å². The molecule has 0 spiro atoms. The van der Waals surface area contributed by atoms with Gasteiger partial charge in [0.25, 0.3) is 0 Å². The van der Waals surface area contributed by atoms with E-state index in [1.807, 2.05) is 6.08 Å². The lowest BCUT2D eigenvalue weighted by Crippen LogP contribution is -2.65. The van der Waals surface area contributed by atoms with Crippen LogP contribution in [0.3, 0.4) is 0 Å². The van der Waals surface area contributed by atoms with Gasteiger partial charge in [0, 0.05) is 6.42 Å². The number of ether oxygens (including phenoxy) is 4. The third kappa shape index (κ3) is 24.3. The van der Waals surface area contributed by atoms with Gasteiger partial charge in [0.15, 0.2) is 12.6 Å². The molecule has 2 aliphatic rings. The molecule has 14 nitrogen and oxygen atoms in total. The second-order valence-electron chi connectivity index (χ2n) is 17.9. The van der Waals surface area contributed by atoms with Gasteiger partial charge in [0.2, 0.25) is 5.91 Å². The van der Waals surface area contributed by atoms with Crippen molar-refractivity contribution >= 4 is 5.91 Å². The van der Waals surface area contributed by atoms with Gasteiger partial charge >= 0.3 is 0 Å². The molecular weight excluding hydrogens is 823 g/mol. The van der Waals surface area contributed by atoms with Crippen LogP contribution in [-0.2, 0) is 23.7 Å². The Kier molecular flexibility index (Phi) is 33.9. The molecule has 2 fully saturated rings. The van der Waals surface area contributed by atoms with Crippen molar-refractivity contribution in [1.82, 2.24) is 5.32 Å². The molecule has 0 saturated carbocycles. The lowest BCUT2D eigenvalue weighted by Gasteiger charge is -2.46. The Balaban J connectivity index is 1.86. The molecule has 14 heteroatoms. The van der Waals surface area contributed by atoms with Crippen LogP contribution < -0.4 is 5.32 Å². The second-order valence-corrected chi connectivity index (χ2v) is 17.9. The van der Waals surface area contributed by atoms with Gasteiger partial charge in [0.1, 0.15) is 48.8 Å². The number of nitrogens with one attached hydrogen (secondary N) is 1. The molecule has 0 bridgehead atoms. The molecule has 9 N–H and O–H groups in total. The molecule has 2 heterocycles. The Morgan fingerprint density at radius 3 is 1.53 bits per heavy atom. The first-order chi connectivity index (χ1) is 31.1. The summed E-state index contributed by atoms with van der Waals surface area (Å²) >= 11 is 0. The first kappa shape index (κ1) is 58.3. The van der Waals surface area contributed by atoms with Crippen molar-refractivity contribution in [3.63, 3.8) is 0 Å². The predicted molar refractivity (Wildman–Crippen MR) is 249 cm³/mol. The van der Waals surface area contributed by atoms with Gasteiger partial charge in [-0.3, -0.25) is 4.79 Å². The maximum absolute atomic E-state index is 13.2. The fraction of sp³-hybridized carbons (Fsp3) is 0.860. The summed E-state index contributed by atoms with van der Waals surface area (Å²) in [6.45, 7) is 2.72. The molecule has 2 aliphatic heterocycles. The number of amides is 1. The number of hydrogen-bond donors (Lipinski definition) is 9. The molecule has 374 valence electrons. The minimum atomic E-state index is -1.79. The van der Waals surface area contributed by atoms with Gasteiger partial charge in [-0.05, 0) is 44.9 Å². The van der Waals surface area contributed by atoms with Crippen molar-refractivity contribution in [2.45, 2.75) is 254 Å². The van der Waals surface area contributed by atoms with Gasteiger partial charge in [0.05, 0.1) is 32.0 Å². The quantitative estimate of drug-likeness (QED) is 0.0244. The third-order valence-electron chi connectivity index (χ3n) is 12.3. The predicted octanol–water partition coefficient (Wildman–Crippen LogP) is 6.32. The van der Waals surface area contributed by atoms with Gasteiger partial charge in [-0.15, -0.1) is 0 Å². The normalized spacial score (nSPS) is 27.5. The zero-order valence-corrected chi connectivity index (χ0v) is 39.5. The van der Waals surface area contributed by atoms with Crippen molar-refractivity contribution in [3.8, 4) is 0 Å². The minimum absolute atomic E-state index is 0.254. The van der Waals surface area contributed by atoms with Gasteiger partial charge < -0.3 is 65.1 Å². The Hall–Kier alpha value is -1.79. The minimum Gasteiger partial charge on any atom is -0.394 e. The molecule has 0 aromatic carbocycles. The summed E-state index contributed by atoms with van der Waals surface area (Å²) in [5.74, 6) is -0.254. The van der Waals surface area contributed by atoms with Crippen molar-refractivity contribution in [3.05, 3.63) is 36.5 Å². The number of unbranched alkanes of at least 4 members (excludes halogenated alkanes) is 21. The van der Waals surface area contributed by atoms with E-state index in [0.717, 1.165) is 44.9 Å². The zero-order valence-electron chi connectivity index (χ0n) is 39.5. The van der Waals surface area contributed by atoms with Crippen LogP contribution in [0.2, 0.25) is 0 Å². The second kappa shape index (κ2) is 37.2. The summed E-state index contributed by atoms with van der Waals surface area (Å²) in [6, 6.07) is -0.933. The van der Waals surface area contributed by atoms with E-state index >= 15 is 0 Å². The van der Waals surface area contributed by atoms with Crippen LogP contribution in [-0.4, -0.2) is 140 Å². The highest BCUT2D eigenvalue weighted by Gasteiger charge is 2.51. The number of carbonyl (C=O) groups is 1. The van der Waals surface area contributed by atoms with Crippen molar-refractivity contribution in [2.24, 2.45) is 0 Å². The number of aliphatic hydroxyl groups excluding tert-OH is 8. The molecule has 0 aromatic rings. The van der Waals surface area contributed by atoms with Crippen LogP contribution in [0.5, 0.6) is 0 Å². The number of aliphatic hydroxyl groups is 8. The van der Waals surface area contributed by atoms with Crippen LogP contribution in [0.1, 0.15) is 181 Å². The number of allylic oxidation sites excluding steroid dienone is 5. The molecular formula is C50H91NO13. The Labute approximate surface area is 385 Å². The SMILES string of the molecule is CCCCC/C=C/CC/C=C/CC/C=C/C(O)C(COC1OC(CO)C(OC2OC(CO)C(O)C(O)C2O)C(O)C1O)NC(=O)CCCCCCCCCCCCCCCCCCC. The summed E-state index contributed by atoms with van der Waals surface area (Å²) in [5.41, 5.74) is 0. The van der Waals surface area contributed by atoms with Crippen LogP contribution in [0.4, 0.5) is 0 Å². The molecule has 0 aliphatic carbocycles. The maximum Gasteiger partial charge on any atom is 0.220 e. The largest absolute Gasteiger partial charge is 0.394 e. The maximum atomic E-state index is 13.2. The van der Waals surface area contributed by atoms with E-state index in [1.54, 1.807) is 6.08 Å². The monoisotopic (exact) mass is 914 g/mol. The average Bonchev–Trinajstić information content (AvgIpc) is 3.29. The fourth-order valence-electron chi connectivity index (χ4n) is 8.14. The Morgan fingerprint density at radius 1 is 0.547 bits per heavy atom. The third-order valence-corrected chi connectivity index (χ3v) is 12.3. The molecule has 12 unspecified atom stereocenters. The molecule has 0 aromatic heterocycles. The van der Waals surface area contributed by atoms with Gasteiger partial charge in [-0.2, -0.15) is 0 Å². The molecule has 1 amide bonds. The molecule has 12 atom stereocenters. The summed E-state index contributed by atoms with van der Waals surface area (Å²) < 4.78 is 22.6. The summed E-state index contributed by atoms with van der Waals surface area (Å²) in [6.07, 6.45) is 24.7. The topological polar surface area (TPSA) is 228 Å².